The van der Waals surface area contributed by atoms with Gasteiger partial charge in [0.05, 0.1) is 11.6 Å². The number of benzene rings is 2. The molecule has 0 radical (unpaired) electrons. The SMILES string of the molecule is CC(c1ccccc1Cl)N(C)c1ccc(C(=O)O)c(N)c1. The van der Waals surface area contributed by atoms with Crippen LogP contribution in [0, 0.1) is 0 Å². The zero-order valence-electron chi connectivity index (χ0n) is 11.9. The second-order valence-corrected chi connectivity index (χ2v) is 5.29. The van der Waals surface area contributed by atoms with Crippen LogP contribution in [0.4, 0.5) is 11.4 Å². The minimum Gasteiger partial charge on any atom is -0.478 e. The lowest BCUT2D eigenvalue weighted by Crippen LogP contribution is -2.22. The van der Waals surface area contributed by atoms with Crippen molar-refractivity contribution in [3.05, 3.63) is 58.6 Å². The maximum atomic E-state index is 11.0. The number of carboxylic acid groups (broad SMARTS) is 1. The molecule has 21 heavy (non-hydrogen) atoms. The highest BCUT2D eigenvalue weighted by molar-refractivity contribution is 6.31. The molecule has 0 saturated heterocycles. The minimum atomic E-state index is -1.03. The number of halogens is 1. The Labute approximate surface area is 128 Å². The third-order valence-corrected chi connectivity index (χ3v) is 3.95. The molecule has 2 rings (SSSR count). The second-order valence-electron chi connectivity index (χ2n) is 4.89. The van der Waals surface area contributed by atoms with Crippen LogP contribution in [0.15, 0.2) is 42.5 Å². The molecule has 5 heteroatoms. The van der Waals surface area contributed by atoms with Gasteiger partial charge in [0.25, 0.3) is 0 Å². The van der Waals surface area contributed by atoms with E-state index in [1.54, 1.807) is 12.1 Å². The third-order valence-electron chi connectivity index (χ3n) is 3.61. The fraction of sp³-hybridized carbons (Fsp3) is 0.188. The molecular formula is C16H17ClN2O2. The first kappa shape index (κ1) is 15.2. The van der Waals surface area contributed by atoms with Crippen LogP contribution in [0.25, 0.3) is 0 Å². The third kappa shape index (κ3) is 3.11. The molecule has 0 saturated carbocycles. The van der Waals surface area contributed by atoms with Gasteiger partial charge in [0.15, 0.2) is 0 Å². The first-order valence-electron chi connectivity index (χ1n) is 6.52. The average Bonchev–Trinajstić information content (AvgIpc) is 2.45. The lowest BCUT2D eigenvalue weighted by molar-refractivity contribution is 0.0698. The molecule has 0 aromatic heterocycles. The number of hydrogen-bond acceptors (Lipinski definition) is 3. The van der Waals surface area contributed by atoms with Crippen LogP contribution in [-0.4, -0.2) is 18.1 Å². The van der Waals surface area contributed by atoms with Crippen molar-refractivity contribution >= 4 is 28.9 Å². The Morgan fingerprint density at radius 3 is 2.52 bits per heavy atom. The van der Waals surface area contributed by atoms with Gasteiger partial charge in [-0.15, -0.1) is 0 Å². The fourth-order valence-electron chi connectivity index (χ4n) is 2.21. The first-order chi connectivity index (χ1) is 9.91. The Balaban J connectivity index is 2.32. The van der Waals surface area contributed by atoms with Gasteiger partial charge < -0.3 is 15.7 Å². The number of nitrogens with zero attached hydrogens (tertiary/aromatic N) is 1. The first-order valence-corrected chi connectivity index (χ1v) is 6.89. The summed E-state index contributed by atoms with van der Waals surface area (Å²) in [6.07, 6.45) is 0. The van der Waals surface area contributed by atoms with Gasteiger partial charge in [-0.25, -0.2) is 4.79 Å². The van der Waals surface area contributed by atoms with Gasteiger partial charge in [-0.05, 0) is 36.8 Å². The molecule has 0 bridgehead atoms. The number of hydrogen-bond donors (Lipinski definition) is 2. The Morgan fingerprint density at radius 2 is 1.95 bits per heavy atom. The van der Waals surface area contributed by atoms with Crippen molar-refractivity contribution in [1.29, 1.82) is 0 Å². The quantitative estimate of drug-likeness (QED) is 0.843. The van der Waals surface area contributed by atoms with Crippen LogP contribution in [0.2, 0.25) is 5.02 Å². The molecule has 0 aliphatic heterocycles. The zero-order valence-corrected chi connectivity index (χ0v) is 12.6. The van der Waals surface area contributed by atoms with Gasteiger partial charge in [-0.1, -0.05) is 29.8 Å². The number of anilines is 2. The standard InChI is InChI=1S/C16H17ClN2O2/c1-10(12-5-3-4-6-14(12)17)19(2)11-7-8-13(16(20)21)15(18)9-11/h3-10H,18H2,1-2H3,(H,20,21). The monoisotopic (exact) mass is 304 g/mol. The predicted octanol–water partition coefficient (Wildman–Crippen LogP) is 3.82. The Kier molecular flexibility index (Phi) is 4.38. The summed E-state index contributed by atoms with van der Waals surface area (Å²) in [4.78, 5) is 13.0. The van der Waals surface area contributed by atoms with E-state index in [1.165, 1.54) is 6.07 Å². The molecule has 3 N–H and O–H groups in total. The Hall–Kier alpha value is -2.20. The largest absolute Gasteiger partial charge is 0.478 e. The summed E-state index contributed by atoms with van der Waals surface area (Å²) in [5.74, 6) is -1.03. The van der Waals surface area contributed by atoms with Crippen molar-refractivity contribution in [2.45, 2.75) is 13.0 Å². The summed E-state index contributed by atoms with van der Waals surface area (Å²) in [6, 6.07) is 12.6. The van der Waals surface area contributed by atoms with E-state index in [1.807, 2.05) is 43.1 Å². The molecule has 2 aromatic rings. The average molecular weight is 305 g/mol. The number of aromatic carboxylic acids is 1. The molecule has 0 amide bonds. The van der Waals surface area contributed by atoms with Crippen LogP contribution in [0.3, 0.4) is 0 Å². The van der Waals surface area contributed by atoms with E-state index >= 15 is 0 Å². The molecule has 0 aliphatic rings. The zero-order chi connectivity index (χ0) is 15.6. The highest BCUT2D eigenvalue weighted by atomic mass is 35.5. The highest BCUT2D eigenvalue weighted by Gasteiger charge is 2.16. The Bertz CT molecular complexity index is 673. The topological polar surface area (TPSA) is 66.6 Å². The molecule has 0 fully saturated rings. The fourth-order valence-corrected chi connectivity index (χ4v) is 2.50. The van der Waals surface area contributed by atoms with Crippen molar-refractivity contribution in [3.8, 4) is 0 Å². The van der Waals surface area contributed by atoms with Gasteiger partial charge in [0.1, 0.15) is 0 Å². The van der Waals surface area contributed by atoms with E-state index < -0.39 is 5.97 Å². The smallest absolute Gasteiger partial charge is 0.337 e. The van der Waals surface area contributed by atoms with E-state index in [4.69, 9.17) is 22.4 Å². The van der Waals surface area contributed by atoms with Gasteiger partial charge in [-0.2, -0.15) is 0 Å². The predicted molar refractivity (Wildman–Crippen MR) is 86.1 cm³/mol. The van der Waals surface area contributed by atoms with Gasteiger partial charge >= 0.3 is 5.97 Å². The number of carbonyl (C=O) groups is 1. The van der Waals surface area contributed by atoms with Crippen LogP contribution in [0.1, 0.15) is 28.9 Å². The van der Waals surface area contributed by atoms with Crippen molar-refractivity contribution < 1.29 is 9.90 Å². The van der Waals surface area contributed by atoms with Crippen molar-refractivity contribution in [2.75, 3.05) is 17.7 Å². The van der Waals surface area contributed by atoms with Crippen molar-refractivity contribution in [1.82, 2.24) is 0 Å². The molecule has 0 spiro atoms. The van der Waals surface area contributed by atoms with Gasteiger partial charge in [-0.3, -0.25) is 0 Å². The molecular weight excluding hydrogens is 288 g/mol. The lowest BCUT2D eigenvalue weighted by Gasteiger charge is -2.28. The van der Waals surface area contributed by atoms with E-state index in [-0.39, 0.29) is 17.3 Å². The molecule has 0 aliphatic carbocycles. The molecule has 2 aromatic carbocycles. The van der Waals surface area contributed by atoms with E-state index in [2.05, 4.69) is 0 Å². The Morgan fingerprint density at radius 1 is 1.29 bits per heavy atom. The number of rotatable bonds is 4. The minimum absolute atomic E-state index is 0.0359. The number of carboxylic acids is 1. The lowest BCUT2D eigenvalue weighted by atomic mass is 10.1. The van der Waals surface area contributed by atoms with Crippen molar-refractivity contribution in [2.24, 2.45) is 0 Å². The normalized spacial score (nSPS) is 12.0. The van der Waals surface area contributed by atoms with Crippen LogP contribution >= 0.6 is 11.6 Å². The van der Waals surface area contributed by atoms with Gasteiger partial charge in [0, 0.05) is 23.4 Å². The number of nitrogen functional groups attached to an aromatic ring is 1. The van der Waals surface area contributed by atoms with Crippen molar-refractivity contribution in [3.63, 3.8) is 0 Å². The summed E-state index contributed by atoms with van der Waals surface area (Å²) in [7, 11) is 1.92. The molecule has 1 atom stereocenters. The summed E-state index contributed by atoms with van der Waals surface area (Å²) < 4.78 is 0. The van der Waals surface area contributed by atoms with Crippen LogP contribution in [-0.2, 0) is 0 Å². The molecule has 4 nitrogen and oxygen atoms in total. The molecule has 0 heterocycles. The summed E-state index contributed by atoms with van der Waals surface area (Å²) in [6.45, 7) is 2.03. The van der Waals surface area contributed by atoms with E-state index in [9.17, 15) is 4.79 Å². The number of nitrogens with two attached hydrogens (primary N) is 1. The molecule has 1 unspecified atom stereocenters. The van der Waals surface area contributed by atoms with Gasteiger partial charge in [0.2, 0.25) is 0 Å². The second kappa shape index (κ2) is 6.06. The highest BCUT2D eigenvalue weighted by Crippen LogP contribution is 2.31. The summed E-state index contributed by atoms with van der Waals surface area (Å²) in [5, 5.41) is 9.71. The van der Waals surface area contributed by atoms with Crippen LogP contribution < -0.4 is 10.6 Å². The molecule has 110 valence electrons. The van der Waals surface area contributed by atoms with E-state index in [0.29, 0.717) is 5.02 Å². The summed E-state index contributed by atoms with van der Waals surface area (Å²) in [5.41, 5.74) is 7.99. The maximum Gasteiger partial charge on any atom is 0.337 e. The summed E-state index contributed by atoms with van der Waals surface area (Å²) >= 11 is 6.22. The van der Waals surface area contributed by atoms with E-state index in [0.717, 1.165) is 11.3 Å². The van der Waals surface area contributed by atoms with Crippen LogP contribution in [0.5, 0.6) is 0 Å². The maximum absolute atomic E-state index is 11.0.